The molecule has 0 aliphatic rings. The zero-order valence-electron chi connectivity index (χ0n) is 25.7. The molecular formula is C33H41Cl2N3O4S. The van der Waals surface area contributed by atoms with Crippen LogP contribution in [0.2, 0.25) is 10.0 Å². The van der Waals surface area contributed by atoms with Crippen LogP contribution in [0.15, 0.2) is 66.7 Å². The Labute approximate surface area is 266 Å². The van der Waals surface area contributed by atoms with Gasteiger partial charge in [0, 0.05) is 41.5 Å². The van der Waals surface area contributed by atoms with E-state index in [1.807, 2.05) is 83.1 Å². The SMILES string of the molecule is Cc1ccc(C)c(N(CCCC(=O)N(Cc2ccc(Cl)cc2Cl)C(Cc2ccccc2)C(=O)NC(C)(C)C)S(C)(=O)=O)c1. The molecule has 0 aromatic heterocycles. The Morgan fingerprint density at radius 2 is 1.63 bits per heavy atom. The van der Waals surface area contributed by atoms with Crippen LogP contribution in [0.5, 0.6) is 0 Å². The van der Waals surface area contributed by atoms with E-state index in [9.17, 15) is 18.0 Å². The van der Waals surface area contributed by atoms with Crippen LogP contribution in [0, 0.1) is 13.8 Å². The number of amides is 2. The number of hydrogen-bond acceptors (Lipinski definition) is 4. The highest BCUT2D eigenvalue weighted by molar-refractivity contribution is 7.92. The Morgan fingerprint density at radius 3 is 2.23 bits per heavy atom. The smallest absolute Gasteiger partial charge is 0.243 e. The standard InChI is InChI=1S/C33H41Cl2N3O4S/c1-23-14-15-24(2)29(19-23)38(43(6,41)42)18-10-13-31(39)37(22-26-16-17-27(34)21-28(26)35)30(32(40)36-33(3,4)5)20-25-11-8-7-9-12-25/h7-9,11-12,14-17,19,21,30H,10,13,18,20,22H2,1-6H3,(H,36,40). The quantitative estimate of drug-likeness (QED) is 0.237. The number of benzene rings is 3. The molecule has 1 unspecified atom stereocenters. The third-order valence-corrected chi connectivity index (χ3v) is 8.68. The average Bonchev–Trinajstić information content (AvgIpc) is 2.90. The largest absolute Gasteiger partial charge is 0.350 e. The molecule has 1 N–H and O–H groups in total. The lowest BCUT2D eigenvalue weighted by Crippen LogP contribution is -2.54. The van der Waals surface area contributed by atoms with E-state index in [1.54, 1.807) is 23.1 Å². The number of carbonyl (C=O) groups is 2. The summed E-state index contributed by atoms with van der Waals surface area (Å²) in [6.07, 6.45) is 1.73. The summed E-state index contributed by atoms with van der Waals surface area (Å²) in [5, 5.41) is 3.89. The molecule has 1 atom stereocenters. The van der Waals surface area contributed by atoms with Crippen molar-refractivity contribution in [1.29, 1.82) is 0 Å². The first kappa shape index (κ1) is 34.4. The van der Waals surface area contributed by atoms with Gasteiger partial charge in [0.2, 0.25) is 21.8 Å². The first-order valence-electron chi connectivity index (χ1n) is 14.2. The Balaban J connectivity index is 1.95. The molecule has 10 heteroatoms. The summed E-state index contributed by atoms with van der Waals surface area (Å²) in [6, 6.07) is 19.4. The highest BCUT2D eigenvalue weighted by atomic mass is 35.5. The molecule has 0 fully saturated rings. The van der Waals surface area contributed by atoms with Crippen molar-refractivity contribution in [3.8, 4) is 0 Å². The van der Waals surface area contributed by atoms with Crippen LogP contribution in [0.3, 0.4) is 0 Å². The van der Waals surface area contributed by atoms with E-state index >= 15 is 0 Å². The number of anilines is 1. The molecule has 0 bridgehead atoms. The summed E-state index contributed by atoms with van der Waals surface area (Å²) < 4.78 is 26.9. The number of nitrogens with zero attached hydrogens (tertiary/aromatic N) is 2. The second kappa shape index (κ2) is 14.6. The van der Waals surface area contributed by atoms with Gasteiger partial charge in [-0.05, 0) is 81.5 Å². The molecule has 0 radical (unpaired) electrons. The fourth-order valence-electron chi connectivity index (χ4n) is 4.81. The summed E-state index contributed by atoms with van der Waals surface area (Å²) in [7, 11) is -3.61. The molecule has 0 saturated heterocycles. The van der Waals surface area contributed by atoms with Gasteiger partial charge in [-0.25, -0.2) is 8.42 Å². The minimum atomic E-state index is -3.61. The first-order valence-corrected chi connectivity index (χ1v) is 16.8. The summed E-state index contributed by atoms with van der Waals surface area (Å²) in [6.45, 7) is 9.62. The summed E-state index contributed by atoms with van der Waals surface area (Å²) >= 11 is 12.7. The fourth-order valence-corrected chi connectivity index (χ4v) is 6.29. The zero-order chi connectivity index (χ0) is 31.9. The van der Waals surface area contributed by atoms with Crippen LogP contribution in [-0.2, 0) is 32.6 Å². The van der Waals surface area contributed by atoms with Crippen LogP contribution in [0.25, 0.3) is 0 Å². The highest BCUT2D eigenvalue weighted by Crippen LogP contribution is 2.27. The third-order valence-electron chi connectivity index (χ3n) is 6.91. The number of carbonyl (C=O) groups excluding carboxylic acids is 2. The van der Waals surface area contributed by atoms with Crippen molar-refractivity contribution in [3.63, 3.8) is 0 Å². The van der Waals surface area contributed by atoms with Gasteiger partial charge in [0.1, 0.15) is 6.04 Å². The van der Waals surface area contributed by atoms with E-state index in [1.165, 1.54) is 4.31 Å². The fraction of sp³-hybridized carbons (Fsp3) is 0.394. The number of halogens is 2. The van der Waals surface area contributed by atoms with Gasteiger partial charge in [-0.15, -0.1) is 0 Å². The number of sulfonamides is 1. The Kier molecular flexibility index (Phi) is 11.7. The predicted molar refractivity (Wildman–Crippen MR) is 176 cm³/mol. The highest BCUT2D eigenvalue weighted by Gasteiger charge is 2.32. The summed E-state index contributed by atoms with van der Waals surface area (Å²) in [5.41, 5.74) is 3.36. The molecule has 0 saturated carbocycles. The number of rotatable bonds is 12. The second-order valence-corrected chi connectivity index (χ2v) is 14.7. The zero-order valence-corrected chi connectivity index (χ0v) is 28.0. The van der Waals surface area contributed by atoms with Crippen molar-refractivity contribution in [2.45, 2.75) is 72.0 Å². The molecule has 43 heavy (non-hydrogen) atoms. The number of nitrogens with one attached hydrogen (secondary N) is 1. The number of hydrogen-bond donors (Lipinski definition) is 1. The van der Waals surface area contributed by atoms with Crippen molar-refractivity contribution >= 4 is 50.7 Å². The van der Waals surface area contributed by atoms with Gasteiger partial charge >= 0.3 is 0 Å². The maximum atomic E-state index is 14.0. The Hall–Kier alpha value is -3.07. The lowest BCUT2D eigenvalue weighted by Gasteiger charge is -2.34. The van der Waals surface area contributed by atoms with Crippen molar-refractivity contribution in [3.05, 3.63) is 99.0 Å². The van der Waals surface area contributed by atoms with Crippen molar-refractivity contribution in [2.24, 2.45) is 0 Å². The molecular weight excluding hydrogens is 605 g/mol. The molecule has 3 rings (SSSR count). The monoisotopic (exact) mass is 645 g/mol. The first-order chi connectivity index (χ1) is 20.0. The molecule has 0 aliphatic heterocycles. The van der Waals surface area contributed by atoms with E-state index in [2.05, 4.69) is 5.32 Å². The van der Waals surface area contributed by atoms with E-state index < -0.39 is 21.6 Å². The second-order valence-electron chi connectivity index (χ2n) is 11.9. The third kappa shape index (κ3) is 10.3. The van der Waals surface area contributed by atoms with Crippen molar-refractivity contribution in [2.75, 3.05) is 17.1 Å². The average molecular weight is 647 g/mol. The number of aryl methyl sites for hydroxylation is 2. The normalized spacial score (nSPS) is 12.5. The van der Waals surface area contributed by atoms with E-state index in [0.717, 1.165) is 22.9 Å². The molecule has 7 nitrogen and oxygen atoms in total. The van der Waals surface area contributed by atoms with Crippen molar-refractivity contribution in [1.82, 2.24) is 10.2 Å². The van der Waals surface area contributed by atoms with Gasteiger partial charge in [0.05, 0.1) is 11.9 Å². The molecule has 3 aromatic rings. The molecule has 2 amide bonds. The molecule has 0 heterocycles. The summed E-state index contributed by atoms with van der Waals surface area (Å²) in [4.78, 5) is 29.3. The summed E-state index contributed by atoms with van der Waals surface area (Å²) in [5.74, 6) is -0.576. The van der Waals surface area contributed by atoms with Crippen LogP contribution < -0.4 is 9.62 Å². The molecule has 0 aliphatic carbocycles. The van der Waals surface area contributed by atoms with Gasteiger partial charge in [0.15, 0.2) is 0 Å². The van der Waals surface area contributed by atoms with Crippen LogP contribution in [-0.4, -0.2) is 49.5 Å². The lowest BCUT2D eigenvalue weighted by atomic mass is 10.00. The topological polar surface area (TPSA) is 86.8 Å². The minimum absolute atomic E-state index is 0.0240. The lowest BCUT2D eigenvalue weighted by molar-refractivity contribution is -0.142. The van der Waals surface area contributed by atoms with Crippen LogP contribution in [0.1, 0.15) is 55.9 Å². The predicted octanol–water partition coefficient (Wildman–Crippen LogP) is 6.71. The Morgan fingerprint density at radius 1 is 0.953 bits per heavy atom. The van der Waals surface area contributed by atoms with Gasteiger partial charge < -0.3 is 10.2 Å². The maximum absolute atomic E-state index is 14.0. The van der Waals surface area contributed by atoms with Gasteiger partial charge in [0.25, 0.3) is 0 Å². The van der Waals surface area contributed by atoms with E-state index in [0.29, 0.717) is 21.3 Å². The minimum Gasteiger partial charge on any atom is -0.350 e. The van der Waals surface area contributed by atoms with Gasteiger partial charge in [-0.1, -0.05) is 71.7 Å². The molecule has 0 spiro atoms. The van der Waals surface area contributed by atoms with Crippen LogP contribution >= 0.6 is 23.2 Å². The maximum Gasteiger partial charge on any atom is 0.243 e. The van der Waals surface area contributed by atoms with Crippen molar-refractivity contribution < 1.29 is 18.0 Å². The molecule has 3 aromatic carbocycles. The van der Waals surface area contributed by atoms with Crippen LogP contribution in [0.4, 0.5) is 5.69 Å². The van der Waals surface area contributed by atoms with E-state index in [-0.39, 0.29) is 44.2 Å². The van der Waals surface area contributed by atoms with Gasteiger partial charge in [-0.2, -0.15) is 0 Å². The van der Waals surface area contributed by atoms with E-state index in [4.69, 9.17) is 23.2 Å². The Bertz CT molecular complexity index is 1540. The van der Waals surface area contributed by atoms with Gasteiger partial charge in [-0.3, -0.25) is 13.9 Å². The molecule has 232 valence electrons.